The molecule has 2 aromatic rings. The first-order valence-electron chi connectivity index (χ1n) is 5.71. The number of nitrogens with one attached hydrogen (secondary N) is 1. The third-order valence-electron chi connectivity index (χ3n) is 2.43. The Hall–Kier alpha value is -2.90. The van der Waals surface area contributed by atoms with E-state index in [1.165, 1.54) is 24.2 Å². The largest absolute Gasteiger partial charge is 0.465 e. The number of carbonyl (C=O) groups is 2. The highest BCUT2D eigenvalue weighted by atomic mass is 16.5. The average Bonchev–Trinajstić information content (AvgIpc) is 2.83. The molecule has 1 aromatic heterocycles. The Morgan fingerprint density at radius 1 is 1.45 bits per heavy atom. The van der Waals surface area contributed by atoms with Crippen LogP contribution in [-0.4, -0.2) is 33.8 Å². The number of anilines is 2. The number of hydrogen-bond acceptors (Lipinski definition) is 6. The van der Waals surface area contributed by atoms with Gasteiger partial charge in [-0.1, -0.05) is 6.07 Å². The number of aromatic nitrogens is 3. The molecular formula is C12H13N5O3. The van der Waals surface area contributed by atoms with Crippen molar-refractivity contribution in [2.45, 2.75) is 6.54 Å². The second kappa shape index (κ2) is 5.83. The number of amides is 1. The molecule has 1 heterocycles. The molecule has 1 amide bonds. The Labute approximate surface area is 114 Å². The summed E-state index contributed by atoms with van der Waals surface area (Å²) in [6, 6.07) is 6.44. The van der Waals surface area contributed by atoms with Crippen molar-refractivity contribution in [2.75, 3.05) is 18.2 Å². The van der Waals surface area contributed by atoms with Crippen molar-refractivity contribution in [1.82, 2.24) is 14.8 Å². The van der Waals surface area contributed by atoms with Gasteiger partial charge < -0.3 is 15.8 Å². The molecule has 0 radical (unpaired) electrons. The van der Waals surface area contributed by atoms with E-state index in [1.54, 1.807) is 18.2 Å². The zero-order valence-electron chi connectivity index (χ0n) is 10.7. The molecule has 0 bridgehead atoms. The number of nitrogen functional groups attached to an aromatic ring is 1. The fourth-order valence-electron chi connectivity index (χ4n) is 1.57. The lowest BCUT2D eigenvalue weighted by atomic mass is 10.2. The molecule has 0 atom stereocenters. The number of methoxy groups -OCH3 is 1. The zero-order valence-corrected chi connectivity index (χ0v) is 10.7. The van der Waals surface area contributed by atoms with E-state index in [0.29, 0.717) is 11.3 Å². The number of carbonyl (C=O) groups excluding carboxylic acids is 2. The Kier molecular flexibility index (Phi) is 3.94. The van der Waals surface area contributed by atoms with Crippen LogP contribution >= 0.6 is 0 Å². The first-order valence-corrected chi connectivity index (χ1v) is 5.71. The quantitative estimate of drug-likeness (QED) is 0.775. The molecule has 3 N–H and O–H groups in total. The second-order valence-electron chi connectivity index (χ2n) is 3.92. The Balaban J connectivity index is 2.02. The van der Waals surface area contributed by atoms with Gasteiger partial charge in [0.15, 0.2) is 0 Å². The monoisotopic (exact) mass is 275 g/mol. The first-order chi connectivity index (χ1) is 9.58. The van der Waals surface area contributed by atoms with Crippen LogP contribution in [0.2, 0.25) is 0 Å². The molecule has 0 aliphatic rings. The maximum absolute atomic E-state index is 11.8. The van der Waals surface area contributed by atoms with E-state index < -0.39 is 5.97 Å². The summed E-state index contributed by atoms with van der Waals surface area (Å²) in [5.74, 6) is -0.674. The molecule has 0 spiro atoms. The highest BCUT2D eigenvalue weighted by Gasteiger charge is 2.08. The van der Waals surface area contributed by atoms with Gasteiger partial charge in [0.1, 0.15) is 12.9 Å². The molecule has 2 rings (SSSR count). The molecule has 0 aliphatic carbocycles. The van der Waals surface area contributed by atoms with Crippen LogP contribution in [-0.2, 0) is 16.1 Å². The molecule has 104 valence electrons. The summed E-state index contributed by atoms with van der Waals surface area (Å²) >= 11 is 0. The number of benzene rings is 1. The van der Waals surface area contributed by atoms with E-state index in [0.717, 1.165) is 0 Å². The molecule has 20 heavy (non-hydrogen) atoms. The van der Waals surface area contributed by atoms with E-state index in [-0.39, 0.29) is 18.4 Å². The van der Waals surface area contributed by atoms with Gasteiger partial charge in [0.05, 0.1) is 12.7 Å². The average molecular weight is 275 g/mol. The molecule has 0 unspecified atom stereocenters. The van der Waals surface area contributed by atoms with Crippen molar-refractivity contribution < 1.29 is 14.3 Å². The van der Waals surface area contributed by atoms with Crippen LogP contribution in [0, 0.1) is 0 Å². The number of esters is 1. The summed E-state index contributed by atoms with van der Waals surface area (Å²) in [6.45, 7) is -0.0212. The van der Waals surface area contributed by atoms with Gasteiger partial charge in [-0.25, -0.2) is 14.5 Å². The summed E-state index contributed by atoms with van der Waals surface area (Å²) in [7, 11) is 1.29. The third kappa shape index (κ3) is 3.31. The van der Waals surface area contributed by atoms with Crippen LogP contribution < -0.4 is 11.1 Å². The summed E-state index contributed by atoms with van der Waals surface area (Å²) in [4.78, 5) is 26.9. The van der Waals surface area contributed by atoms with Crippen LogP contribution in [0.15, 0.2) is 30.6 Å². The zero-order chi connectivity index (χ0) is 14.5. The smallest absolute Gasteiger partial charge is 0.337 e. The number of ether oxygens (including phenoxy) is 1. The first kappa shape index (κ1) is 13.5. The van der Waals surface area contributed by atoms with Crippen LogP contribution in [0.3, 0.4) is 0 Å². The topological polar surface area (TPSA) is 112 Å². The van der Waals surface area contributed by atoms with Gasteiger partial charge in [-0.3, -0.25) is 4.79 Å². The standard InChI is InChI=1S/C12H13N5O3/c1-20-11(19)8-3-2-4-9(5-8)15-10(18)6-17-7-14-12(13)16-17/h2-5,7H,6H2,1H3,(H2,13,16)(H,15,18). The minimum absolute atomic E-state index is 0.0212. The van der Waals surface area contributed by atoms with Crippen molar-refractivity contribution in [3.05, 3.63) is 36.2 Å². The summed E-state index contributed by atoms with van der Waals surface area (Å²) < 4.78 is 5.92. The lowest BCUT2D eigenvalue weighted by molar-refractivity contribution is -0.116. The maximum atomic E-state index is 11.8. The molecule has 8 nitrogen and oxygen atoms in total. The fourth-order valence-corrected chi connectivity index (χ4v) is 1.57. The number of nitrogens with zero attached hydrogens (tertiary/aromatic N) is 3. The highest BCUT2D eigenvalue weighted by molar-refractivity contribution is 5.94. The van der Waals surface area contributed by atoms with Crippen molar-refractivity contribution >= 4 is 23.5 Å². The highest BCUT2D eigenvalue weighted by Crippen LogP contribution is 2.11. The second-order valence-corrected chi connectivity index (χ2v) is 3.92. The van der Waals surface area contributed by atoms with Crippen LogP contribution in [0.4, 0.5) is 11.6 Å². The molecular weight excluding hydrogens is 262 g/mol. The van der Waals surface area contributed by atoms with Crippen molar-refractivity contribution in [1.29, 1.82) is 0 Å². The Morgan fingerprint density at radius 2 is 2.25 bits per heavy atom. The van der Waals surface area contributed by atoms with Crippen LogP contribution in [0.25, 0.3) is 0 Å². The number of rotatable bonds is 4. The van der Waals surface area contributed by atoms with E-state index in [9.17, 15) is 9.59 Å². The Bertz CT molecular complexity index is 638. The SMILES string of the molecule is COC(=O)c1cccc(NC(=O)Cn2cnc(N)n2)c1. The predicted molar refractivity (Wildman–Crippen MR) is 70.8 cm³/mol. The van der Waals surface area contributed by atoms with E-state index in [4.69, 9.17) is 5.73 Å². The summed E-state index contributed by atoms with van der Waals surface area (Å²) in [5, 5.41) is 6.44. The Morgan fingerprint density at radius 3 is 2.90 bits per heavy atom. The van der Waals surface area contributed by atoms with Gasteiger partial charge in [-0.15, -0.1) is 5.10 Å². The van der Waals surface area contributed by atoms with Crippen LogP contribution in [0.1, 0.15) is 10.4 Å². The van der Waals surface area contributed by atoms with Gasteiger partial charge >= 0.3 is 5.97 Å². The lowest BCUT2D eigenvalue weighted by Gasteiger charge is -2.06. The normalized spacial score (nSPS) is 10.1. The third-order valence-corrected chi connectivity index (χ3v) is 2.43. The van der Waals surface area contributed by atoms with Gasteiger partial charge in [0, 0.05) is 5.69 Å². The van der Waals surface area contributed by atoms with Gasteiger partial charge in [-0.2, -0.15) is 0 Å². The molecule has 0 saturated carbocycles. The van der Waals surface area contributed by atoms with E-state index in [2.05, 4.69) is 20.1 Å². The van der Waals surface area contributed by atoms with Gasteiger partial charge in [0.2, 0.25) is 11.9 Å². The summed E-state index contributed by atoms with van der Waals surface area (Å²) in [6.07, 6.45) is 1.36. The minimum atomic E-state index is -0.467. The van der Waals surface area contributed by atoms with E-state index in [1.807, 2.05) is 0 Å². The van der Waals surface area contributed by atoms with Crippen molar-refractivity contribution in [2.24, 2.45) is 0 Å². The van der Waals surface area contributed by atoms with Crippen LogP contribution in [0.5, 0.6) is 0 Å². The van der Waals surface area contributed by atoms with Crippen molar-refractivity contribution in [3.63, 3.8) is 0 Å². The molecule has 1 aromatic carbocycles. The van der Waals surface area contributed by atoms with Gasteiger partial charge in [0.25, 0.3) is 0 Å². The predicted octanol–water partition coefficient (Wildman–Crippen LogP) is 0.286. The van der Waals surface area contributed by atoms with Crippen molar-refractivity contribution in [3.8, 4) is 0 Å². The molecule has 0 fully saturated rings. The molecule has 0 saturated heterocycles. The van der Waals surface area contributed by atoms with E-state index >= 15 is 0 Å². The molecule has 8 heteroatoms. The fraction of sp³-hybridized carbons (Fsp3) is 0.167. The summed E-state index contributed by atoms with van der Waals surface area (Å²) in [5.41, 5.74) is 6.20. The number of nitrogens with two attached hydrogens (primary N) is 1. The minimum Gasteiger partial charge on any atom is -0.465 e. The van der Waals surface area contributed by atoms with Gasteiger partial charge in [-0.05, 0) is 18.2 Å². The lowest BCUT2D eigenvalue weighted by Crippen LogP contribution is -2.19. The number of hydrogen-bond donors (Lipinski definition) is 2. The maximum Gasteiger partial charge on any atom is 0.337 e. The molecule has 0 aliphatic heterocycles.